The Labute approximate surface area is 229 Å². The van der Waals surface area contributed by atoms with Gasteiger partial charge < -0.3 is 14.7 Å². The number of carboxylic acids is 1. The number of carbonyl (C=O) groups is 3. The van der Waals surface area contributed by atoms with Crippen LogP contribution in [0.5, 0.6) is 5.75 Å². The second kappa shape index (κ2) is 10.5. The van der Waals surface area contributed by atoms with Gasteiger partial charge in [-0.15, -0.1) is 0 Å². The number of ether oxygens (including phenoxy) is 1. The molecule has 2 aliphatic carbocycles. The van der Waals surface area contributed by atoms with Crippen molar-refractivity contribution >= 4 is 52.3 Å². The lowest BCUT2D eigenvalue weighted by Gasteiger charge is -2.43. The molecule has 0 bridgehead atoms. The first-order valence-electron chi connectivity index (χ1n) is 12.1. The minimum Gasteiger partial charge on any atom is -0.487 e. The molecular formula is C28H24Cl3NO5. The van der Waals surface area contributed by atoms with Crippen molar-refractivity contribution in [3.63, 3.8) is 0 Å². The lowest BCUT2D eigenvalue weighted by Crippen LogP contribution is -2.41. The summed E-state index contributed by atoms with van der Waals surface area (Å²) in [6.45, 7) is -0.192. The molecule has 192 valence electrons. The van der Waals surface area contributed by atoms with Gasteiger partial charge in [0.25, 0.3) is 0 Å². The van der Waals surface area contributed by atoms with Crippen LogP contribution >= 0.6 is 34.8 Å². The van der Waals surface area contributed by atoms with Crippen LogP contribution < -0.4 is 4.74 Å². The lowest BCUT2D eigenvalue weighted by atomic mass is 9.70. The highest BCUT2D eigenvalue weighted by molar-refractivity contribution is 6.36. The van der Waals surface area contributed by atoms with Crippen LogP contribution in [-0.4, -0.2) is 34.1 Å². The minimum absolute atomic E-state index is 0.111. The SMILES string of the molecule is O=C(O)CN1C2=C(C(=O)CCC2)C(c2cc(Cl)cc(Cl)c2OCc2ccccc2Cl)C2=C1CCCC2=O. The molecule has 2 aromatic carbocycles. The third kappa shape index (κ3) is 4.90. The van der Waals surface area contributed by atoms with Crippen LogP contribution in [-0.2, 0) is 21.0 Å². The van der Waals surface area contributed by atoms with Crippen LogP contribution in [0.4, 0.5) is 0 Å². The average Bonchev–Trinajstić information content (AvgIpc) is 2.84. The van der Waals surface area contributed by atoms with Crippen molar-refractivity contribution in [2.24, 2.45) is 0 Å². The summed E-state index contributed by atoms with van der Waals surface area (Å²) >= 11 is 19.4. The van der Waals surface area contributed by atoms with E-state index in [2.05, 4.69) is 0 Å². The molecule has 0 spiro atoms. The van der Waals surface area contributed by atoms with E-state index >= 15 is 0 Å². The topological polar surface area (TPSA) is 83.9 Å². The predicted octanol–water partition coefficient (Wildman–Crippen LogP) is 6.72. The highest BCUT2D eigenvalue weighted by Gasteiger charge is 2.45. The van der Waals surface area contributed by atoms with Gasteiger partial charge in [0.1, 0.15) is 18.9 Å². The van der Waals surface area contributed by atoms with Gasteiger partial charge in [0.05, 0.1) is 5.02 Å². The quantitative estimate of drug-likeness (QED) is 0.422. The Bertz CT molecular complexity index is 1340. The number of carbonyl (C=O) groups excluding carboxylic acids is 2. The first kappa shape index (κ1) is 25.8. The van der Waals surface area contributed by atoms with E-state index in [0.29, 0.717) is 82.4 Å². The Morgan fingerprint density at radius 2 is 1.54 bits per heavy atom. The number of halogens is 3. The number of nitrogens with zero attached hydrogens (tertiary/aromatic N) is 1. The highest BCUT2D eigenvalue weighted by Crippen LogP contribution is 2.52. The number of Topliss-reactive ketones (excluding diaryl/α,β-unsaturated/α-hetero) is 2. The molecule has 0 saturated carbocycles. The summed E-state index contributed by atoms with van der Waals surface area (Å²) in [6, 6.07) is 10.5. The Balaban J connectivity index is 1.70. The van der Waals surface area contributed by atoms with E-state index in [0.717, 1.165) is 5.56 Å². The molecule has 1 aliphatic heterocycles. The number of benzene rings is 2. The van der Waals surface area contributed by atoms with Crippen LogP contribution in [0.2, 0.25) is 15.1 Å². The molecule has 5 rings (SSSR count). The van der Waals surface area contributed by atoms with Crippen LogP contribution in [0.3, 0.4) is 0 Å². The van der Waals surface area contributed by atoms with Crippen molar-refractivity contribution in [3.8, 4) is 5.75 Å². The molecule has 0 saturated heterocycles. The van der Waals surface area contributed by atoms with E-state index in [1.54, 1.807) is 23.1 Å². The maximum atomic E-state index is 13.4. The fourth-order valence-corrected chi connectivity index (χ4v) is 6.32. The first-order chi connectivity index (χ1) is 17.8. The van der Waals surface area contributed by atoms with Crippen molar-refractivity contribution in [1.82, 2.24) is 4.90 Å². The molecule has 0 aromatic heterocycles. The van der Waals surface area contributed by atoms with Crippen LogP contribution in [0, 0.1) is 0 Å². The van der Waals surface area contributed by atoms with E-state index in [4.69, 9.17) is 39.5 Å². The zero-order chi connectivity index (χ0) is 26.3. The second-order valence-corrected chi connectivity index (χ2v) is 10.6. The van der Waals surface area contributed by atoms with Gasteiger partial charge in [-0.05, 0) is 43.9 Å². The number of ketones is 2. The Morgan fingerprint density at radius 1 is 0.919 bits per heavy atom. The molecule has 0 radical (unpaired) electrons. The fraction of sp³-hybridized carbons (Fsp3) is 0.321. The summed E-state index contributed by atoms with van der Waals surface area (Å²) in [4.78, 5) is 40.4. The molecule has 3 aliphatic rings. The first-order valence-corrected chi connectivity index (χ1v) is 13.3. The van der Waals surface area contributed by atoms with E-state index in [9.17, 15) is 19.5 Å². The molecule has 37 heavy (non-hydrogen) atoms. The number of rotatable bonds is 6. The Hall–Kier alpha value is -2.80. The van der Waals surface area contributed by atoms with Crippen LogP contribution in [0.1, 0.15) is 55.6 Å². The van der Waals surface area contributed by atoms with Crippen LogP contribution in [0.25, 0.3) is 0 Å². The number of allylic oxidation sites excluding steroid dienone is 4. The normalized spacial score (nSPS) is 18.2. The summed E-state index contributed by atoms with van der Waals surface area (Å²) in [7, 11) is 0. The molecule has 1 heterocycles. The smallest absolute Gasteiger partial charge is 0.323 e. The van der Waals surface area contributed by atoms with Crippen molar-refractivity contribution in [1.29, 1.82) is 0 Å². The fourth-order valence-electron chi connectivity index (χ4n) is 5.57. The Kier molecular flexibility index (Phi) is 7.35. The number of hydrogen-bond acceptors (Lipinski definition) is 5. The van der Waals surface area contributed by atoms with Crippen molar-refractivity contribution in [2.75, 3.05) is 6.54 Å². The number of carboxylic acid groups (broad SMARTS) is 1. The lowest BCUT2D eigenvalue weighted by molar-refractivity contribution is -0.138. The molecule has 0 fully saturated rings. The number of hydrogen-bond donors (Lipinski definition) is 1. The molecular weight excluding hydrogens is 537 g/mol. The third-order valence-corrected chi connectivity index (χ3v) is 7.93. The largest absolute Gasteiger partial charge is 0.487 e. The van der Waals surface area contributed by atoms with Gasteiger partial charge >= 0.3 is 5.97 Å². The van der Waals surface area contributed by atoms with Crippen molar-refractivity contribution in [2.45, 2.75) is 51.0 Å². The molecule has 1 N–H and O–H groups in total. The van der Waals surface area contributed by atoms with Crippen LogP contribution in [0.15, 0.2) is 58.9 Å². The zero-order valence-electron chi connectivity index (χ0n) is 19.9. The summed E-state index contributed by atoms with van der Waals surface area (Å²) in [5.74, 6) is -1.67. The maximum absolute atomic E-state index is 13.4. The van der Waals surface area contributed by atoms with Gasteiger partial charge in [-0.1, -0.05) is 53.0 Å². The molecule has 0 unspecified atom stereocenters. The van der Waals surface area contributed by atoms with Gasteiger partial charge in [0.15, 0.2) is 11.6 Å². The molecule has 0 amide bonds. The molecule has 9 heteroatoms. The van der Waals surface area contributed by atoms with Crippen molar-refractivity contribution < 1.29 is 24.2 Å². The summed E-state index contributed by atoms with van der Waals surface area (Å²) in [5.41, 5.74) is 3.45. The standard InChI is InChI=1S/C28H24Cl3NO5/c29-16-11-17(28(19(31)12-16)37-14-15-5-1-2-6-18(15)30)25-26-20(7-3-9-22(26)33)32(13-24(35)36)21-8-4-10-23(34)27(21)25/h1-2,5-6,11-12,25H,3-4,7-10,13-14H2,(H,35,36). The monoisotopic (exact) mass is 559 g/mol. The Morgan fingerprint density at radius 3 is 2.14 bits per heavy atom. The van der Waals surface area contributed by atoms with E-state index in [1.807, 2.05) is 18.2 Å². The summed E-state index contributed by atoms with van der Waals surface area (Å²) in [6.07, 6.45) is 2.95. The minimum atomic E-state index is -1.03. The van der Waals surface area contributed by atoms with Gasteiger partial charge in [-0.2, -0.15) is 0 Å². The summed E-state index contributed by atoms with van der Waals surface area (Å²) in [5, 5.41) is 10.8. The molecule has 6 nitrogen and oxygen atoms in total. The van der Waals surface area contributed by atoms with E-state index < -0.39 is 11.9 Å². The van der Waals surface area contributed by atoms with Gasteiger partial charge in [-0.25, -0.2) is 0 Å². The number of aliphatic carboxylic acids is 1. The van der Waals surface area contributed by atoms with Gasteiger partial charge in [-0.3, -0.25) is 14.4 Å². The second-order valence-electron chi connectivity index (χ2n) is 9.37. The zero-order valence-corrected chi connectivity index (χ0v) is 22.1. The van der Waals surface area contributed by atoms with Gasteiger partial charge in [0, 0.05) is 62.5 Å². The average molecular weight is 561 g/mol. The van der Waals surface area contributed by atoms with Crippen molar-refractivity contribution in [3.05, 3.63) is 85.1 Å². The molecule has 0 atom stereocenters. The predicted molar refractivity (Wildman–Crippen MR) is 141 cm³/mol. The molecule has 2 aromatic rings. The van der Waals surface area contributed by atoms with Gasteiger partial charge in [0.2, 0.25) is 0 Å². The summed E-state index contributed by atoms with van der Waals surface area (Å²) < 4.78 is 6.21. The van der Waals surface area contributed by atoms with E-state index in [-0.39, 0.29) is 29.7 Å². The maximum Gasteiger partial charge on any atom is 0.323 e. The third-order valence-electron chi connectivity index (χ3n) is 7.06. The highest BCUT2D eigenvalue weighted by atomic mass is 35.5. The van der Waals surface area contributed by atoms with E-state index in [1.165, 1.54) is 0 Å².